The van der Waals surface area contributed by atoms with Gasteiger partial charge in [0.15, 0.2) is 0 Å². The Morgan fingerprint density at radius 1 is 1.35 bits per heavy atom. The van der Waals surface area contributed by atoms with Crippen molar-refractivity contribution >= 4 is 15.9 Å². The summed E-state index contributed by atoms with van der Waals surface area (Å²) in [6.07, 6.45) is 2.16. The summed E-state index contributed by atoms with van der Waals surface area (Å²) in [7, 11) is 0. The van der Waals surface area contributed by atoms with Crippen LogP contribution < -0.4 is 0 Å². The third-order valence-corrected chi connectivity index (χ3v) is 4.17. The van der Waals surface area contributed by atoms with E-state index in [0.29, 0.717) is 11.0 Å². The van der Waals surface area contributed by atoms with E-state index in [1.165, 1.54) is 12.1 Å². The number of rotatable bonds is 2. The molecule has 0 bridgehead atoms. The lowest BCUT2D eigenvalue weighted by Crippen LogP contribution is -2.37. The fourth-order valence-corrected chi connectivity index (χ4v) is 2.73. The molecule has 1 heterocycles. The van der Waals surface area contributed by atoms with Crippen molar-refractivity contribution < 1.29 is 8.78 Å². The maximum atomic E-state index is 13.9. The van der Waals surface area contributed by atoms with Gasteiger partial charge in [-0.1, -0.05) is 0 Å². The van der Waals surface area contributed by atoms with Gasteiger partial charge in [-0.3, -0.25) is 4.90 Å². The van der Waals surface area contributed by atoms with E-state index in [0.717, 1.165) is 19.4 Å². The van der Waals surface area contributed by atoms with Gasteiger partial charge < -0.3 is 0 Å². The Bertz CT molecular complexity index is 432. The molecule has 0 aliphatic carbocycles. The van der Waals surface area contributed by atoms with Crippen LogP contribution in [0.25, 0.3) is 0 Å². The number of likely N-dealkylation sites (tertiary alicyclic amines) is 1. The van der Waals surface area contributed by atoms with Crippen LogP contribution in [0.5, 0.6) is 0 Å². The van der Waals surface area contributed by atoms with Gasteiger partial charge in [0, 0.05) is 17.6 Å². The summed E-state index contributed by atoms with van der Waals surface area (Å²) in [5, 5.41) is 0. The van der Waals surface area contributed by atoms with Crippen molar-refractivity contribution in [2.24, 2.45) is 0 Å². The monoisotopic (exact) mass is 303 g/mol. The van der Waals surface area contributed by atoms with E-state index in [-0.39, 0.29) is 11.1 Å². The summed E-state index contributed by atoms with van der Waals surface area (Å²) in [5.74, 6) is -0.943. The molecule has 1 fully saturated rings. The molecule has 0 spiro atoms. The Labute approximate surface area is 109 Å². The molecule has 0 aromatic heterocycles. The van der Waals surface area contributed by atoms with E-state index >= 15 is 0 Å². The van der Waals surface area contributed by atoms with Crippen LogP contribution in [0, 0.1) is 11.6 Å². The summed E-state index contributed by atoms with van der Waals surface area (Å²) in [6.45, 7) is 5.48. The predicted molar refractivity (Wildman–Crippen MR) is 67.8 cm³/mol. The molecule has 1 aliphatic rings. The molecule has 0 saturated carbocycles. The lowest BCUT2D eigenvalue weighted by atomic mass is 10.0. The zero-order valence-electron chi connectivity index (χ0n) is 10.1. The molecule has 1 aromatic carbocycles. The van der Waals surface area contributed by atoms with E-state index in [1.54, 1.807) is 0 Å². The van der Waals surface area contributed by atoms with Crippen molar-refractivity contribution in [3.05, 3.63) is 33.8 Å². The van der Waals surface area contributed by atoms with Crippen LogP contribution in [-0.2, 0) is 6.54 Å². The van der Waals surface area contributed by atoms with Gasteiger partial charge in [-0.15, -0.1) is 0 Å². The molecule has 94 valence electrons. The SMILES string of the molecule is CC1(C)CCCN1Cc1c(F)ccc(Br)c1F. The predicted octanol–water partition coefficient (Wildman–Crippen LogP) is 4.10. The average Bonchev–Trinajstić information content (AvgIpc) is 2.59. The zero-order chi connectivity index (χ0) is 12.6. The molecule has 1 saturated heterocycles. The molecular formula is C13H16BrF2N. The topological polar surface area (TPSA) is 3.24 Å². The third kappa shape index (κ3) is 2.52. The summed E-state index contributed by atoms with van der Waals surface area (Å²) in [4.78, 5) is 2.14. The first-order chi connectivity index (χ1) is 7.92. The number of nitrogens with zero attached hydrogens (tertiary/aromatic N) is 1. The maximum absolute atomic E-state index is 13.9. The highest BCUT2D eigenvalue weighted by Gasteiger charge is 2.32. The van der Waals surface area contributed by atoms with Gasteiger partial charge >= 0.3 is 0 Å². The van der Waals surface area contributed by atoms with Crippen molar-refractivity contribution in [2.75, 3.05) is 6.54 Å². The van der Waals surface area contributed by atoms with E-state index < -0.39 is 11.6 Å². The second-order valence-corrected chi connectivity index (χ2v) is 6.01. The molecule has 1 nitrogen and oxygen atoms in total. The highest BCUT2D eigenvalue weighted by Crippen LogP contribution is 2.31. The van der Waals surface area contributed by atoms with Crippen LogP contribution in [-0.4, -0.2) is 17.0 Å². The fourth-order valence-electron chi connectivity index (χ4n) is 2.36. The molecule has 4 heteroatoms. The number of hydrogen-bond acceptors (Lipinski definition) is 1. The van der Waals surface area contributed by atoms with Gasteiger partial charge in [-0.2, -0.15) is 0 Å². The standard InChI is InChI=1S/C13H16BrF2N/c1-13(2)6-3-7-17(13)8-9-11(15)5-4-10(14)12(9)16/h4-5H,3,6-8H2,1-2H3. The molecule has 17 heavy (non-hydrogen) atoms. The second-order valence-electron chi connectivity index (χ2n) is 5.16. The maximum Gasteiger partial charge on any atom is 0.144 e. The molecule has 0 atom stereocenters. The van der Waals surface area contributed by atoms with Gasteiger partial charge in [-0.25, -0.2) is 8.78 Å². The fraction of sp³-hybridized carbons (Fsp3) is 0.538. The zero-order valence-corrected chi connectivity index (χ0v) is 11.7. The lowest BCUT2D eigenvalue weighted by molar-refractivity contribution is 0.162. The van der Waals surface area contributed by atoms with Gasteiger partial charge in [0.25, 0.3) is 0 Å². The van der Waals surface area contributed by atoms with Crippen molar-refractivity contribution in [1.82, 2.24) is 4.90 Å². The minimum Gasteiger partial charge on any atom is -0.294 e. The van der Waals surface area contributed by atoms with Crippen LogP contribution in [0.15, 0.2) is 16.6 Å². The minimum absolute atomic E-state index is 0.0290. The summed E-state index contributed by atoms with van der Waals surface area (Å²) in [6, 6.07) is 2.72. The lowest BCUT2D eigenvalue weighted by Gasteiger charge is -2.31. The van der Waals surface area contributed by atoms with Crippen molar-refractivity contribution in [1.29, 1.82) is 0 Å². The van der Waals surface area contributed by atoms with Crippen LogP contribution >= 0.6 is 15.9 Å². The summed E-state index contributed by atoms with van der Waals surface area (Å²) >= 11 is 3.10. The normalized spacial score (nSPS) is 19.8. The van der Waals surface area contributed by atoms with Crippen LogP contribution in [0.2, 0.25) is 0 Å². The molecule has 1 aliphatic heterocycles. The first-order valence-electron chi connectivity index (χ1n) is 5.79. The van der Waals surface area contributed by atoms with Crippen molar-refractivity contribution in [2.45, 2.75) is 38.8 Å². The Kier molecular flexibility index (Phi) is 3.55. The summed E-state index contributed by atoms with van der Waals surface area (Å²) in [5.41, 5.74) is 0.190. The molecule has 0 amide bonds. The van der Waals surface area contributed by atoms with Crippen LogP contribution in [0.1, 0.15) is 32.3 Å². The van der Waals surface area contributed by atoms with E-state index in [4.69, 9.17) is 0 Å². The third-order valence-electron chi connectivity index (χ3n) is 3.56. The Balaban J connectivity index is 2.27. The molecular weight excluding hydrogens is 288 g/mol. The number of hydrogen-bond donors (Lipinski definition) is 0. The molecule has 0 unspecified atom stereocenters. The highest BCUT2D eigenvalue weighted by molar-refractivity contribution is 9.10. The Hall–Kier alpha value is -0.480. The van der Waals surface area contributed by atoms with E-state index in [1.807, 2.05) is 0 Å². The molecule has 0 radical (unpaired) electrons. The van der Waals surface area contributed by atoms with Gasteiger partial charge in [0.2, 0.25) is 0 Å². The van der Waals surface area contributed by atoms with Gasteiger partial charge in [0.1, 0.15) is 11.6 Å². The van der Waals surface area contributed by atoms with Crippen molar-refractivity contribution in [3.63, 3.8) is 0 Å². The van der Waals surface area contributed by atoms with E-state index in [2.05, 4.69) is 34.7 Å². The second kappa shape index (κ2) is 4.65. The first-order valence-corrected chi connectivity index (χ1v) is 6.58. The largest absolute Gasteiger partial charge is 0.294 e. The average molecular weight is 304 g/mol. The molecule has 0 N–H and O–H groups in total. The number of benzene rings is 1. The van der Waals surface area contributed by atoms with Crippen LogP contribution in [0.4, 0.5) is 8.78 Å². The Morgan fingerprint density at radius 2 is 2.06 bits per heavy atom. The minimum atomic E-state index is -0.479. The van der Waals surface area contributed by atoms with Crippen LogP contribution in [0.3, 0.4) is 0 Å². The molecule has 2 rings (SSSR count). The van der Waals surface area contributed by atoms with E-state index in [9.17, 15) is 8.78 Å². The summed E-state index contributed by atoms with van der Waals surface area (Å²) < 4.78 is 27.8. The smallest absolute Gasteiger partial charge is 0.144 e. The number of halogens is 3. The van der Waals surface area contributed by atoms with Crippen molar-refractivity contribution in [3.8, 4) is 0 Å². The Morgan fingerprint density at radius 3 is 2.65 bits per heavy atom. The highest BCUT2D eigenvalue weighted by atomic mass is 79.9. The molecule has 1 aromatic rings. The first kappa shape index (κ1) is 13.0. The quantitative estimate of drug-likeness (QED) is 0.744. The van der Waals surface area contributed by atoms with Gasteiger partial charge in [-0.05, 0) is 61.3 Å². The van der Waals surface area contributed by atoms with Gasteiger partial charge in [0.05, 0.1) is 4.47 Å².